The van der Waals surface area contributed by atoms with Crippen molar-refractivity contribution < 1.29 is 9.53 Å². The van der Waals surface area contributed by atoms with E-state index in [0.29, 0.717) is 0 Å². The minimum absolute atomic E-state index is 0.0870. The van der Waals surface area contributed by atoms with Crippen molar-refractivity contribution in [2.75, 3.05) is 0 Å². The summed E-state index contributed by atoms with van der Waals surface area (Å²) in [5, 5.41) is 4.26. The normalized spacial score (nSPS) is 13.0. The molecule has 1 aromatic carbocycles. The van der Waals surface area contributed by atoms with Crippen LogP contribution in [0.3, 0.4) is 0 Å². The fourth-order valence-corrected chi connectivity index (χ4v) is 2.72. The van der Waals surface area contributed by atoms with Crippen LogP contribution in [0.2, 0.25) is 0 Å². The molecule has 0 saturated heterocycles. The van der Waals surface area contributed by atoms with Gasteiger partial charge in [-0.1, -0.05) is 38.0 Å². The number of fused-ring (bicyclic) bond motifs is 1. The standard InChI is InChI=1S/C19H28N2O2/c1-5-6-9-15(21-18(22)23-19(2,3)4)12-14-13-20-17-11-8-7-10-16(14)17/h7-8,10-11,13,15,20H,5-6,9,12H2,1-4H3,(H,21,22). The molecule has 4 nitrogen and oxygen atoms in total. The van der Waals surface area contributed by atoms with Gasteiger partial charge in [0.05, 0.1) is 0 Å². The molecule has 0 fully saturated rings. The number of hydrogen-bond donors (Lipinski definition) is 2. The number of hydrogen-bond acceptors (Lipinski definition) is 2. The second kappa shape index (κ2) is 7.53. The van der Waals surface area contributed by atoms with Gasteiger partial charge in [0.1, 0.15) is 5.60 Å². The largest absolute Gasteiger partial charge is 0.444 e. The van der Waals surface area contributed by atoms with Gasteiger partial charge in [0, 0.05) is 23.1 Å². The number of carbonyl (C=O) groups excluding carboxylic acids is 1. The van der Waals surface area contributed by atoms with Crippen molar-refractivity contribution >= 4 is 17.0 Å². The van der Waals surface area contributed by atoms with Gasteiger partial charge in [-0.25, -0.2) is 4.79 Å². The molecule has 1 unspecified atom stereocenters. The summed E-state index contributed by atoms with van der Waals surface area (Å²) in [7, 11) is 0. The Morgan fingerprint density at radius 2 is 2.04 bits per heavy atom. The van der Waals surface area contributed by atoms with Crippen LogP contribution in [0.15, 0.2) is 30.5 Å². The highest BCUT2D eigenvalue weighted by atomic mass is 16.6. The fraction of sp³-hybridized carbons (Fsp3) is 0.526. The number of ether oxygens (including phenoxy) is 1. The third-order valence-electron chi connectivity index (χ3n) is 3.77. The maximum atomic E-state index is 12.1. The minimum atomic E-state index is -0.472. The van der Waals surface area contributed by atoms with Crippen LogP contribution in [0.25, 0.3) is 10.9 Å². The van der Waals surface area contributed by atoms with Gasteiger partial charge in [0.25, 0.3) is 0 Å². The van der Waals surface area contributed by atoms with E-state index in [0.717, 1.165) is 31.2 Å². The zero-order valence-corrected chi connectivity index (χ0v) is 14.6. The summed E-state index contributed by atoms with van der Waals surface area (Å²) in [6.07, 6.45) is 5.67. The van der Waals surface area contributed by atoms with Crippen LogP contribution in [-0.2, 0) is 11.2 Å². The van der Waals surface area contributed by atoms with Crippen molar-refractivity contribution in [3.63, 3.8) is 0 Å². The Bertz CT molecular complexity index is 640. The lowest BCUT2D eigenvalue weighted by Gasteiger charge is -2.23. The lowest BCUT2D eigenvalue weighted by atomic mass is 10.0. The number of benzene rings is 1. The first-order valence-corrected chi connectivity index (χ1v) is 8.43. The van der Waals surface area contributed by atoms with E-state index < -0.39 is 5.60 Å². The molecule has 1 aromatic heterocycles. The van der Waals surface area contributed by atoms with Crippen LogP contribution in [0.5, 0.6) is 0 Å². The van der Waals surface area contributed by atoms with E-state index in [-0.39, 0.29) is 12.1 Å². The summed E-state index contributed by atoms with van der Waals surface area (Å²) >= 11 is 0. The quantitative estimate of drug-likeness (QED) is 0.804. The van der Waals surface area contributed by atoms with Crippen molar-refractivity contribution in [3.05, 3.63) is 36.0 Å². The average molecular weight is 316 g/mol. The number of carbonyl (C=O) groups is 1. The van der Waals surface area contributed by atoms with E-state index in [1.54, 1.807) is 0 Å². The average Bonchev–Trinajstić information content (AvgIpc) is 2.86. The lowest BCUT2D eigenvalue weighted by molar-refractivity contribution is 0.0501. The summed E-state index contributed by atoms with van der Waals surface area (Å²) in [6, 6.07) is 8.34. The molecule has 0 aliphatic rings. The van der Waals surface area contributed by atoms with E-state index in [4.69, 9.17) is 4.74 Å². The van der Waals surface area contributed by atoms with Crippen LogP contribution < -0.4 is 5.32 Å². The van der Waals surface area contributed by atoms with Crippen molar-refractivity contribution in [2.45, 2.75) is 65.0 Å². The maximum Gasteiger partial charge on any atom is 0.407 e. The third kappa shape index (κ3) is 5.31. The molecule has 0 aliphatic carbocycles. The molecule has 2 N–H and O–H groups in total. The molecule has 23 heavy (non-hydrogen) atoms. The molecule has 2 aromatic rings. The van der Waals surface area contributed by atoms with E-state index in [2.05, 4.69) is 29.4 Å². The van der Waals surface area contributed by atoms with Gasteiger partial charge >= 0.3 is 6.09 Å². The molecular weight excluding hydrogens is 288 g/mol. The zero-order chi connectivity index (χ0) is 16.9. The number of H-pyrrole nitrogens is 1. The number of amides is 1. The monoisotopic (exact) mass is 316 g/mol. The van der Waals surface area contributed by atoms with E-state index in [1.807, 2.05) is 39.1 Å². The number of aromatic amines is 1. The summed E-state index contributed by atoms with van der Waals surface area (Å²) < 4.78 is 5.40. The Kier molecular flexibility index (Phi) is 5.69. The van der Waals surface area contributed by atoms with Crippen molar-refractivity contribution in [1.29, 1.82) is 0 Å². The van der Waals surface area contributed by atoms with Crippen molar-refractivity contribution in [3.8, 4) is 0 Å². The Labute approximate surface area is 138 Å². The number of rotatable bonds is 6. The topological polar surface area (TPSA) is 54.1 Å². The molecule has 1 amide bonds. The van der Waals surface area contributed by atoms with Crippen LogP contribution in [0, 0.1) is 0 Å². The second-order valence-corrected chi connectivity index (χ2v) is 7.05. The highest BCUT2D eigenvalue weighted by molar-refractivity contribution is 5.83. The highest BCUT2D eigenvalue weighted by Crippen LogP contribution is 2.20. The zero-order valence-electron chi connectivity index (χ0n) is 14.6. The van der Waals surface area contributed by atoms with Gasteiger partial charge in [-0.2, -0.15) is 0 Å². The first-order chi connectivity index (χ1) is 10.9. The van der Waals surface area contributed by atoms with Crippen LogP contribution in [0.4, 0.5) is 4.79 Å². The first-order valence-electron chi connectivity index (χ1n) is 8.43. The minimum Gasteiger partial charge on any atom is -0.444 e. The first kappa shape index (κ1) is 17.4. The van der Waals surface area contributed by atoms with Gasteiger partial charge in [0.2, 0.25) is 0 Å². The molecule has 0 bridgehead atoms. The van der Waals surface area contributed by atoms with Crippen LogP contribution in [0.1, 0.15) is 52.5 Å². The van der Waals surface area contributed by atoms with Crippen molar-refractivity contribution in [1.82, 2.24) is 10.3 Å². The second-order valence-electron chi connectivity index (χ2n) is 7.05. The Hall–Kier alpha value is -1.97. The smallest absolute Gasteiger partial charge is 0.407 e. The molecule has 126 valence electrons. The Morgan fingerprint density at radius 1 is 1.30 bits per heavy atom. The van der Waals surface area contributed by atoms with Gasteiger partial charge < -0.3 is 15.0 Å². The number of nitrogens with one attached hydrogen (secondary N) is 2. The lowest BCUT2D eigenvalue weighted by Crippen LogP contribution is -2.40. The van der Waals surface area contributed by atoms with E-state index in [9.17, 15) is 4.79 Å². The summed E-state index contributed by atoms with van der Waals surface area (Å²) in [5.41, 5.74) is 1.90. The van der Waals surface area contributed by atoms with Gasteiger partial charge in [-0.05, 0) is 45.2 Å². The summed E-state index contributed by atoms with van der Waals surface area (Å²) in [6.45, 7) is 7.81. The van der Waals surface area contributed by atoms with Crippen molar-refractivity contribution in [2.24, 2.45) is 0 Å². The SMILES string of the molecule is CCCCC(Cc1c[nH]c2ccccc12)NC(=O)OC(C)(C)C. The van der Waals surface area contributed by atoms with Gasteiger partial charge in [0.15, 0.2) is 0 Å². The maximum absolute atomic E-state index is 12.1. The van der Waals surface area contributed by atoms with E-state index >= 15 is 0 Å². The third-order valence-corrected chi connectivity index (χ3v) is 3.77. The number of aromatic nitrogens is 1. The molecule has 1 heterocycles. The molecule has 0 radical (unpaired) electrons. The molecule has 0 spiro atoms. The van der Waals surface area contributed by atoms with Crippen LogP contribution >= 0.6 is 0 Å². The molecule has 4 heteroatoms. The summed E-state index contributed by atoms with van der Waals surface area (Å²) in [4.78, 5) is 15.4. The number of unbranched alkanes of at least 4 members (excludes halogenated alkanes) is 1. The predicted octanol–water partition coefficient (Wildman–Crippen LogP) is 4.79. The van der Waals surface area contributed by atoms with E-state index in [1.165, 1.54) is 10.9 Å². The molecule has 0 aliphatic heterocycles. The molecule has 2 rings (SSSR count). The Morgan fingerprint density at radius 3 is 2.74 bits per heavy atom. The highest BCUT2D eigenvalue weighted by Gasteiger charge is 2.20. The van der Waals surface area contributed by atoms with Crippen LogP contribution in [-0.4, -0.2) is 22.7 Å². The number of alkyl carbamates (subject to hydrolysis) is 1. The van der Waals surface area contributed by atoms with Gasteiger partial charge in [-0.15, -0.1) is 0 Å². The van der Waals surface area contributed by atoms with Gasteiger partial charge in [-0.3, -0.25) is 0 Å². The fourth-order valence-electron chi connectivity index (χ4n) is 2.72. The molecule has 1 atom stereocenters. The molecule has 0 saturated carbocycles. The summed E-state index contributed by atoms with van der Waals surface area (Å²) in [5.74, 6) is 0. The molecular formula is C19H28N2O2. The Balaban J connectivity index is 2.07. The predicted molar refractivity (Wildman–Crippen MR) is 94.7 cm³/mol. The number of para-hydroxylation sites is 1.